The van der Waals surface area contributed by atoms with Gasteiger partial charge in [-0.3, -0.25) is 19.2 Å². The maximum absolute atomic E-state index is 12.0. The van der Waals surface area contributed by atoms with Crippen molar-refractivity contribution in [2.75, 3.05) is 6.61 Å². The van der Waals surface area contributed by atoms with Crippen molar-refractivity contribution in [3.8, 4) is 0 Å². The Morgan fingerprint density at radius 1 is 1.14 bits per heavy atom. The first-order valence-electron chi connectivity index (χ1n) is 8.45. The highest BCUT2D eigenvalue weighted by atomic mass is 16.7. The van der Waals surface area contributed by atoms with Crippen LogP contribution in [0.1, 0.15) is 27.0 Å². The number of esters is 3. The number of nitrogens with zero attached hydrogens (tertiary/aromatic N) is 2. The quantitative estimate of drug-likeness (QED) is 0.551. The van der Waals surface area contributed by atoms with Crippen molar-refractivity contribution in [2.24, 2.45) is 0 Å². The molecule has 150 valence electrons. The number of hydrogen-bond acceptors (Lipinski definition) is 9. The zero-order chi connectivity index (χ0) is 20.4. The van der Waals surface area contributed by atoms with Crippen molar-refractivity contribution in [1.29, 1.82) is 0 Å². The Hall–Kier alpha value is -3.21. The highest BCUT2D eigenvalue weighted by Crippen LogP contribution is 2.35. The molecule has 1 saturated heterocycles. The first-order valence-corrected chi connectivity index (χ1v) is 8.45. The van der Waals surface area contributed by atoms with Crippen LogP contribution in [0.5, 0.6) is 0 Å². The Morgan fingerprint density at radius 3 is 2.46 bits per heavy atom. The summed E-state index contributed by atoms with van der Waals surface area (Å²) in [6.07, 6.45) is -1.13. The minimum atomic E-state index is -1.04. The van der Waals surface area contributed by atoms with E-state index in [2.05, 4.69) is 9.97 Å². The molecule has 28 heavy (non-hydrogen) atoms. The van der Waals surface area contributed by atoms with Crippen LogP contribution in [0.15, 0.2) is 23.4 Å². The van der Waals surface area contributed by atoms with E-state index >= 15 is 0 Å². The summed E-state index contributed by atoms with van der Waals surface area (Å²) in [5.41, 5.74) is -0.0561. The molecule has 1 fully saturated rings. The van der Waals surface area contributed by atoms with E-state index in [1.165, 1.54) is 37.7 Å². The number of carbonyl (C=O) groups is 3. The molecule has 0 aliphatic carbocycles. The number of ether oxygens (including phenoxy) is 4. The van der Waals surface area contributed by atoms with Crippen LogP contribution in [-0.4, -0.2) is 57.4 Å². The third-order valence-electron chi connectivity index (χ3n) is 4.13. The van der Waals surface area contributed by atoms with E-state index in [4.69, 9.17) is 18.9 Å². The lowest BCUT2D eigenvalue weighted by Crippen LogP contribution is -2.40. The maximum Gasteiger partial charge on any atom is 0.303 e. The number of nitrogens with one attached hydrogen (secondary N) is 1. The molecule has 0 amide bonds. The molecule has 1 N–H and O–H groups in total. The largest absolute Gasteiger partial charge is 0.463 e. The van der Waals surface area contributed by atoms with Gasteiger partial charge in [0, 0.05) is 27.0 Å². The van der Waals surface area contributed by atoms with Crippen molar-refractivity contribution < 1.29 is 33.3 Å². The third kappa shape index (κ3) is 3.88. The summed E-state index contributed by atoms with van der Waals surface area (Å²) in [4.78, 5) is 53.0. The van der Waals surface area contributed by atoms with Gasteiger partial charge in [-0.2, -0.15) is 0 Å². The number of carbonyl (C=O) groups excluding carboxylic acids is 3. The molecule has 1 unspecified atom stereocenters. The third-order valence-corrected chi connectivity index (χ3v) is 4.13. The lowest BCUT2D eigenvalue weighted by molar-refractivity contribution is -0.166. The monoisotopic (exact) mass is 393 g/mol. The summed E-state index contributed by atoms with van der Waals surface area (Å²) in [6.45, 7) is 3.42. The number of fused-ring (bicyclic) bond motifs is 1. The second kappa shape index (κ2) is 7.80. The second-order valence-corrected chi connectivity index (χ2v) is 6.21. The average molecular weight is 393 g/mol. The van der Waals surface area contributed by atoms with Gasteiger partial charge in [-0.25, -0.2) is 4.98 Å². The molecule has 0 aromatic carbocycles. The lowest BCUT2D eigenvalue weighted by atomic mass is 10.1. The van der Waals surface area contributed by atoms with Crippen molar-refractivity contribution in [3.63, 3.8) is 0 Å². The van der Waals surface area contributed by atoms with Gasteiger partial charge in [-0.1, -0.05) is 0 Å². The molecule has 11 heteroatoms. The van der Waals surface area contributed by atoms with Gasteiger partial charge >= 0.3 is 17.9 Å². The number of rotatable bonds is 5. The molecule has 0 bridgehead atoms. The van der Waals surface area contributed by atoms with Crippen LogP contribution >= 0.6 is 0 Å². The molecule has 11 nitrogen and oxygen atoms in total. The fraction of sp³-hybridized carbons (Fsp3) is 0.471. The summed E-state index contributed by atoms with van der Waals surface area (Å²) < 4.78 is 23.1. The topological polar surface area (TPSA) is 139 Å². The number of hydrogen-bond donors (Lipinski definition) is 1. The Bertz CT molecular complexity index is 965. The van der Waals surface area contributed by atoms with Crippen LogP contribution in [0.3, 0.4) is 0 Å². The lowest BCUT2D eigenvalue weighted by Gasteiger charge is -2.24. The molecular weight excluding hydrogens is 374 g/mol. The maximum atomic E-state index is 12.0. The van der Waals surface area contributed by atoms with Crippen molar-refractivity contribution in [2.45, 2.75) is 45.3 Å². The summed E-state index contributed by atoms with van der Waals surface area (Å²) in [5, 5.41) is 0.306. The molecule has 0 spiro atoms. The van der Waals surface area contributed by atoms with Crippen LogP contribution in [-0.2, 0) is 33.3 Å². The SMILES string of the molecule is CC(=O)OC[C@H]1OC(n2ccc3c(=O)[nH]cnc32)[C@@H](OC(C)=O)[C@@H]1OC(C)=O. The fourth-order valence-corrected chi connectivity index (χ4v) is 3.10. The van der Waals surface area contributed by atoms with Gasteiger partial charge in [0.25, 0.3) is 5.56 Å². The normalized spacial score (nSPS) is 24.1. The van der Waals surface area contributed by atoms with Gasteiger partial charge in [-0.05, 0) is 6.07 Å². The van der Waals surface area contributed by atoms with Gasteiger partial charge in [-0.15, -0.1) is 0 Å². The number of H-pyrrole nitrogens is 1. The summed E-state index contributed by atoms with van der Waals surface area (Å²) in [7, 11) is 0. The van der Waals surface area contributed by atoms with Crippen LogP contribution in [0.2, 0.25) is 0 Å². The van der Waals surface area contributed by atoms with Crippen LogP contribution in [0, 0.1) is 0 Å². The molecule has 2 aromatic rings. The van der Waals surface area contributed by atoms with Gasteiger partial charge in [0.05, 0.1) is 11.7 Å². The predicted molar refractivity (Wildman–Crippen MR) is 92.0 cm³/mol. The van der Waals surface area contributed by atoms with Crippen molar-refractivity contribution >= 4 is 28.9 Å². The molecule has 3 heterocycles. The zero-order valence-corrected chi connectivity index (χ0v) is 15.4. The number of aromatic amines is 1. The average Bonchev–Trinajstić information content (AvgIpc) is 3.16. The predicted octanol–water partition coefficient (Wildman–Crippen LogP) is 0.0485. The van der Waals surface area contributed by atoms with Crippen LogP contribution in [0.25, 0.3) is 11.0 Å². The first-order chi connectivity index (χ1) is 13.3. The van der Waals surface area contributed by atoms with Gasteiger partial charge < -0.3 is 28.5 Å². The Labute approximate surface area is 158 Å². The Kier molecular flexibility index (Phi) is 5.45. The fourth-order valence-electron chi connectivity index (χ4n) is 3.10. The van der Waals surface area contributed by atoms with E-state index in [9.17, 15) is 19.2 Å². The molecule has 3 rings (SSSR count). The van der Waals surface area contributed by atoms with E-state index < -0.39 is 42.4 Å². The van der Waals surface area contributed by atoms with Crippen molar-refractivity contribution in [3.05, 3.63) is 28.9 Å². The standard InChI is InChI=1S/C17H19N3O8/c1-8(21)25-6-12-13(26-9(2)22)14(27-10(3)23)17(28-12)20-5-4-11-15(20)18-7-19-16(11)24/h4-5,7,12-14,17H,6H2,1-3H3,(H,18,19,24)/t12-,13-,14+,17?/m1/s1. The van der Waals surface area contributed by atoms with Gasteiger partial charge in [0.15, 0.2) is 18.4 Å². The summed E-state index contributed by atoms with van der Waals surface area (Å²) >= 11 is 0. The smallest absolute Gasteiger partial charge is 0.303 e. The van der Waals surface area contributed by atoms with E-state index in [1.54, 1.807) is 6.20 Å². The van der Waals surface area contributed by atoms with E-state index in [0.29, 0.717) is 11.0 Å². The minimum absolute atomic E-state index is 0.214. The van der Waals surface area contributed by atoms with Crippen LogP contribution < -0.4 is 5.56 Å². The van der Waals surface area contributed by atoms with E-state index in [0.717, 1.165) is 0 Å². The Balaban J connectivity index is 2.02. The zero-order valence-electron chi connectivity index (χ0n) is 15.4. The second-order valence-electron chi connectivity index (χ2n) is 6.21. The minimum Gasteiger partial charge on any atom is -0.463 e. The molecule has 1 aliphatic heterocycles. The molecule has 2 aromatic heterocycles. The highest BCUT2D eigenvalue weighted by molar-refractivity contribution is 5.75. The van der Waals surface area contributed by atoms with Crippen LogP contribution in [0.4, 0.5) is 0 Å². The van der Waals surface area contributed by atoms with E-state index in [1.807, 2.05) is 0 Å². The summed E-state index contributed by atoms with van der Waals surface area (Å²) in [6, 6.07) is 1.54. The molecule has 0 radical (unpaired) electrons. The summed E-state index contributed by atoms with van der Waals surface area (Å²) in [5.74, 6) is -1.78. The molecule has 0 saturated carbocycles. The van der Waals surface area contributed by atoms with Gasteiger partial charge in [0.1, 0.15) is 18.4 Å². The highest BCUT2D eigenvalue weighted by Gasteiger charge is 2.50. The first kappa shape index (κ1) is 19.5. The molecule has 1 aliphatic rings. The number of aromatic nitrogens is 3. The van der Waals surface area contributed by atoms with Gasteiger partial charge in [0.2, 0.25) is 0 Å². The van der Waals surface area contributed by atoms with E-state index in [-0.39, 0.29) is 12.2 Å². The van der Waals surface area contributed by atoms with Crippen molar-refractivity contribution in [1.82, 2.24) is 14.5 Å². The molecule has 4 atom stereocenters. The molecular formula is C17H19N3O8. The Morgan fingerprint density at radius 2 is 1.82 bits per heavy atom.